The van der Waals surface area contributed by atoms with Crippen molar-refractivity contribution in [2.24, 2.45) is 0 Å². The van der Waals surface area contributed by atoms with Crippen LogP contribution in [-0.4, -0.2) is 15.1 Å². The zero-order chi connectivity index (χ0) is 14.2. The van der Waals surface area contributed by atoms with Crippen molar-refractivity contribution in [2.45, 2.75) is 12.8 Å². The Morgan fingerprint density at radius 1 is 1.10 bits per heavy atom. The van der Waals surface area contributed by atoms with Gasteiger partial charge in [-0.2, -0.15) is 0 Å². The molecule has 0 saturated carbocycles. The molecule has 0 spiro atoms. The molecule has 0 aliphatic heterocycles. The summed E-state index contributed by atoms with van der Waals surface area (Å²) in [5, 5.41) is 5.79. The number of nitrogens with one attached hydrogen (secondary N) is 1. The van der Waals surface area contributed by atoms with E-state index in [1.54, 1.807) is 6.07 Å². The Morgan fingerprint density at radius 2 is 2.00 bits per heavy atom. The first-order valence-corrected chi connectivity index (χ1v) is 7.15. The number of aromatic nitrogens is 3. The molecule has 4 aromatic rings. The Kier molecular flexibility index (Phi) is 2.89. The molecule has 0 aliphatic rings. The number of fused-ring (bicyclic) bond motifs is 2. The number of hydrogen-bond acceptors (Lipinski definition) is 3. The minimum Gasteiger partial charge on any atom is -0.356 e. The van der Waals surface area contributed by atoms with Crippen molar-refractivity contribution >= 4 is 33.6 Å². The van der Waals surface area contributed by atoms with E-state index in [1.807, 2.05) is 36.4 Å². The molecule has 0 fully saturated rings. The molecular weight excluding hydrogens is 286 g/mol. The van der Waals surface area contributed by atoms with E-state index in [0.29, 0.717) is 5.02 Å². The van der Waals surface area contributed by atoms with E-state index in [1.165, 1.54) is 0 Å². The molecule has 0 aliphatic carbocycles. The van der Waals surface area contributed by atoms with Crippen molar-refractivity contribution in [3.05, 3.63) is 59.0 Å². The maximum atomic E-state index is 6.03. The van der Waals surface area contributed by atoms with Crippen molar-refractivity contribution < 1.29 is 4.52 Å². The topological polar surface area (TPSA) is 54.7 Å². The summed E-state index contributed by atoms with van der Waals surface area (Å²) in [5.74, 6) is 0.953. The SMILES string of the molecule is Clc1ccc2onc(CCc3nc4ccccc4[nH]3)c2c1. The predicted molar refractivity (Wildman–Crippen MR) is 82.5 cm³/mol. The predicted octanol–water partition coefficient (Wildman–Crippen LogP) is 4.14. The summed E-state index contributed by atoms with van der Waals surface area (Å²) in [6.45, 7) is 0. The van der Waals surface area contributed by atoms with Gasteiger partial charge in [0.05, 0.1) is 16.7 Å². The largest absolute Gasteiger partial charge is 0.356 e. The van der Waals surface area contributed by atoms with Crippen LogP contribution in [0.15, 0.2) is 47.0 Å². The highest BCUT2D eigenvalue weighted by atomic mass is 35.5. The van der Waals surface area contributed by atoms with Crippen LogP contribution in [-0.2, 0) is 12.8 Å². The van der Waals surface area contributed by atoms with Crippen molar-refractivity contribution in [3.63, 3.8) is 0 Å². The lowest BCUT2D eigenvalue weighted by atomic mass is 10.1. The van der Waals surface area contributed by atoms with Crippen molar-refractivity contribution in [1.29, 1.82) is 0 Å². The third-order valence-corrected chi connectivity index (χ3v) is 3.78. The average Bonchev–Trinajstić information content (AvgIpc) is 3.07. The fourth-order valence-corrected chi connectivity index (χ4v) is 2.67. The van der Waals surface area contributed by atoms with Crippen LogP contribution in [0.25, 0.3) is 22.0 Å². The third-order valence-electron chi connectivity index (χ3n) is 3.54. The second-order valence-corrected chi connectivity index (χ2v) is 5.41. The Bertz CT molecular complexity index is 892. The third kappa shape index (κ3) is 2.28. The number of H-pyrrole nitrogens is 1. The minimum atomic E-state index is 0.690. The lowest BCUT2D eigenvalue weighted by Crippen LogP contribution is -1.94. The second-order valence-electron chi connectivity index (χ2n) is 4.97. The van der Waals surface area contributed by atoms with Crippen molar-refractivity contribution in [2.75, 3.05) is 0 Å². The maximum Gasteiger partial charge on any atom is 0.167 e. The van der Waals surface area contributed by atoms with E-state index in [-0.39, 0.29) is 0 Å². The van der Waals surface area contributed by atoms with Gasteiger partial charge in [-0.05, 0) is 30.3 Å². The summed E-state index contributed by atoms with van der Waals surface area (Å²) >= 11 is 6.03. The van der Waals surface area contributed by atoms with Crippen LogP contribution in [0.4, 0.5) is 0 Å². The number of imidazole rings is 1. The summed E-state index contributed by atoms with van der Waals surface area (Å²) in [6, 6.07) is 13.5. The molecule has 5 heteroatoms. The highest BCUT2D eigenvalue weighted by Crippen LogP contribution is 2.23. The number of halogens is 1. The number of benzene rings is 2. The summed E-state index contributed by atoms with van der Waals surface area (Å²) in [4.78, 5) is 7.89. The quantitative estimate of drug-likeness (QED) is 0.618. The first kappa shape index (κ1) is 12.4. The number of aryl methyl sites for hydroxylation is 2. The van der Waals surface area contributed by atoms with E-state index >= 15 is 0 Å². The van der Waals surface area contributed by atoms with E-state index < -0.39 is 0 Å². The Morgan fingerprint density at radius 3 is 2.90 bits per heavy atom. The molecule has 2 heterocycles. The highest BCUT2D eigenvalue weighted by molar-refractivity contribution is 6.31. The molecule has 1 N–H and O–H groups in total. The summed E-state index contributed by atoms with van der Waals surface area (Å²) in [6.07, 6.45) is 1.54. The molecular formula is C16H12ClN3O. The van der Waals surface area contributed by atoms with Gasteiger partial charge >= 0.3 is 0 Å². The van der Waals surface area contributed by atoms with Crippen LogP contribution in [0, 0.1) is 0 Å². The lowest BCUT2D eigenvalue weighted by molar-refractivity contribution is 0.445. The summed E-state index contributed by atoms with van der Waals surface area (Å²) in [5.41, 5.74) is 3.72. The molecule has 21 heavy (non-hydrogen) atoms. The standard InChI is InChI=1S/C16H12ClN3O/c17-10-5-7-15-11(9-10)12(20-21-15)6-8-16-18-13-3-1-2-4-14(13)19-16/h1-5,7,9H,6,8H2,(H,18,19). The van der Waals surface area contributed by atoms with Gasteiger partial charge in [-0.25, -0.2) is 4.98 Å². The van der Waals surface area contributed by atoms with Crippen LogP contribution in [0.2, 0.25) is 5.02 Å². The van der Waals surface area contributed by atoms with Gasteiger partial charge in [-0.1, -0.05) is 28.9 Å². The van der Waals surface area contributed by atoms with Crippen LogP contribution in [0.3, 0.4) is 0 Å². The van der Waals surface area contributed by atoms with Crippen molar-refractivity contribution in [1.82, 2.24) is 15.1 Å². The second kappa shape index (κ2) is 4.90. The highest BCUT2D eigenvalue weighted by Gasteiger charge is 2.10. The Balaban J connectivity index is 1.61. The molecule has 4 rings (SSSR count). The summed E-state index contributed by atoms with van der Waals surface area (Å²) < 4.78 is 5.31. The molecule has 0 saturated heterocycles. The van der Waals surface area contributed by atoms with Gasteiger partial charge in [-0.15, -0.1) is 0 Å². The normalized spacial score (nSPS) is 11.5. The number of hydrogen-bond donors (Lipinski definition) is 1. The molecule has 2 aromatic carbocycles. The first-order chi connectivity index (χ1) is 10.3. The lowest BCUT2D eigenvalue weighted by Gasteiger charge is -1.95. The molecule has 0 bridgehead atoms. The van der Waals surface area contributed by atoms with E-state index in [4.69, 9.17) is 16.1 Å². The molecule has 2 aromatic heterocycles. The van der Waals surface area contributed by atoms with E-state index in [9.17, 15) is 0 Å². The fourth-order valence-electron chi connectivity index (χ4n) is 2.50. The molecule has 4 nitrogen and oxygen atoms in total. The number of aromatic amines is 1. The summed E-state index contributed by atoms with van der Waals surface area (Å²) in [7, 11) is 0. The van der Waals surface area contributed by atoms with Gasteiger partial charge < -0.3 is 9.51 Å². The molecule has 104 valence electrons. The fraction of sp³-hybridized carbons (Fsp3) is 0.125. The van der Waals surface area contributed by atoms with Gasteiger partial charge in [0.2, 0.25) is 0 Å². The van der Waals surface area contributed by atoms with Gasteiger partial charge in [0.25, 0.3) is 0 Å². The number of para-hydroxylation sites is 2. The van der Waals surface area contributed by atoms with Gasteiger partial charge in [-0.3, -0.25) is 0 Å². The van der Waals surface area contributed by atoms with Gasteiger partial charge in [0.15, 0.2) is 5.58 Å². The number of rotatable bonds is 3. The Labute approximate surface area is 125 Å². The maximum absolute atomic E-state index is 6.03. The first-order valence-electron chi connectivity index (χ1n) is 6.77. The van der Waals surface area contributed by atoms with Crippen molar-refractivity contribution in [3.8, 4) is 0 Å². The zero-order valence-electron chi connectivity index (χ0n) is 11.1. The molecule has 0 amide bonds. The molecule has 0 atom stereocenters. The smallest absolute Gasteiger partial charge is 0.167 e. The van der Waals surface area contributed by atoms with E-state index in [0.717, 1.165) is 46.4 Å². The molecule has 0 unspecified atom stereocenters. The number of nitrogens with zero attached hydrogens (tertiary/aromatic N) is 2. The van der Waals surface area contributed by atoms with Crippen LogP contribution in [0.5, 0.6) is 0 Å². The molecule has 0 radical (unpaired) electrons. The van der Waals surface area contributed by atoms with Gasteiger partial charge in [0, 0.05) is 23.3 Å². The monoisotopic (exact) mass is 297 g/mol. The van der Waals surface area contributed by atoms with Crippen LogP contribution < -0.4 is 0 Å². The zero-order valence-corrected chi connectivity index (χ0v) is 11.9. The minimum absolute atomic E-state index is 0.690. The van der Waals surface area contributed by atoms with E-state index in [2.05, 4.69) is 15.1 Å². The van der Waals surface area contributed by atoms with Gasteiger partial charge in [0.1, 0.15) is 5.82 Å². The average molecular weight is 298 g/mol. The Hall–Kier alpha value is -2.33. The van der Waals surface area contributed by atoms with Crippen LogP contribution in [0.1, 0.15) is 11.5 Å². The van der Waals surface area contributed by atoms with Crippen LogP contribution >= 0.6 is 11.6 Å².